The molecule has 2 amide bonds. The van der Waals surface area contributed by atoms with E-state index in [1.807, 2.05) is 4.90 Å². The lowest BCUT2D eigenvalue weighted by Gasteiger charge is -2.33. The predicted octanol–water partition coefficient (Wildman–Crippen LogP) is 2.80. The summed E-state index contributed by atoms with van der Waals surface area (Å²) in [5.74, 6) is -2.09. The van der Waals surface area contributed by atoms with Gasteiger partial charge in [-0.1, -0.05) is 0 Å². The Morgan fingerprint density at radius 2 is 1.96 bits per heavy atom. The zero-order valence-electron chi connectivity index (χ0n) is 15.3. The fraction of sp³-hybridized carbons (Fsp3) is 0.389. The Balaban J connectivity index is 1.50. The zero-order valence-corrected chi connectivity index (χ0v) is 16.1. The van der Waals surface area contributed by atoms with E-state index >= 15 is 0 Å². The minimum atomic E-state index is -0.946. The molecular formula is C18H20F2N4O3S. The molecule has 0 aliphatic carbocycles. The molecular weight excluding hydrogens is 390 g/mol. The lowest BCUT2D eigenvalue weighted by Crippen LogP contribution is -2.50. The normalized spacial score (nSPS) is 14.8. The topological polar surface area (TPSA) is 74.8 Å². The van der Waals surface area contributed by atoms with Crippen molar-refractivity contribution in [1.29, 1.82) is 0 Å². The molecule has 3 rings (SSSR count). The number of aromatic nitrogens is 1. The van der Waals surface area contributed by atoms with E-state index in [0.717, 1.165) is 12.1 Å². The molecule has 2 aromatic rings. The van der Waals surface area contributed by atoms with Gasteiger partial charge in [-0.15, -0.1) is 11.3 Å². The van der Waals surface area contributed by atoms with Gasteiger partial charge in [-0.05, 0) is 25.1 Å². The van der Waals surface area contributed by atoms with Gasteiger partial charge in [0.2, 0.25) is 5.91 Å². The maximum Gasteiger partial charge on any atom is 0.409 e. The first-order valence-corrected chi connectivity index (χ1v) is 9.69. The lowest BCUT2D eigenvalue weighted by molar-refractivity contribution is -0.117. The van der Waals surface area contributed by atoms with Crippen molar-refractivity contribution in [2.75, 3.05) is 44.6 Å². The van der Waals surface area contributed by atoms with Gasteiger partial charge in [0.25, 0.3) is 0 Å². The van der Waals surface area contributed by atoms with Gasteiger partial charge in [0.1, 0.15) is 0 Å². The van der Waals surface area contributed by atoms with Crippen LogP contribution in [-0.2, 0) is 9.53 Å². The van der Waals surface area contributed by atoms with Crippen LogP contribution < -0.4 is 5.32 Å². The van der Waals surface area contributed by atoms with Crippen molar-refractivity contribution >= 4 is 28.5 Å². The summed E-state index contributed by atoms with van der Waals surface area (Å²) in [7, 11) is 0. The number of halogens is 2. The van der Waals surface area contributed by atoms with Crippen LogP contribution in [0, 0.1) is 11.6 Å². The summed E-state index contributed by atoms with van der Waals surface area (Å²) in [6.07, 6.45) is -0.334. The first-order chi connectivity index (χ1) is 13.5. The minimum Gasteiger partial charge on any atom is -0.450 e. The molecule has 1 N–H and O–H groups in total. The molecule has 0 saturated carbocycles. The van der Waals surface area contributed by atoms with Crippen LogP contribution in [0.4, 0.5) is 18.7 Å². The van der Waals surface area contributed by atoms with Gasteiger partial charge < -0.3 is 15.0 Å². The maximum atomic E-state index is 13.4. The van der Waals surface area contributed by atoms with Crippen molar-refractivity contribution in [3.63, 3.8) is 0 Å². The number of anilines is 1. The molecule has 0 bridgehead atoms. The molecule has 0 spiro atoms. The summed E-state index contributed by atoms with van der Waals surface area (Å²) < 4.78 is 31.4. The van der Waals surface area contributed by atoms with E-state index in [0.29, 0.717) is 49.2 Å². The van der Waals surface area contributed by atoms with Crippen LogP contribution in [0.3, 0.4) is 0 Å². The number of carbonyl (C=O) groups is 2. The van der Waals surface area contributed by atoms with Gasteiger partial charge in [-0.3, -0.25) is 9.69 Å². The molecule has 1 fully saturated rings. The number of carbonyl (C=O) groups excluding carboxylic acids is 2. The molecule has 0 radical (unpaired) electrons. The smallest absolute Gasteiger partial charge is 0.409 e. The highest BCUT2D eigenvalue weighted by molar-refractivity contribution is 7.14. The predicted molar refractivity (Wildman–Crippen MR) is 101 cm³/mol. The Kier molecular flexibility index (Phi) is 6.53. The van der Waals surface area contributed by atoms with Gasteiger partial charge in [0, 0.05) is 37.1 Å². The number of thiazole rings is 1. The zero-order chi connectivity index (χ0) is 20.1. The Hall–Kier alpha value is -2.59. The van der Waals surface area contributed by atoms with E-state index in [2.05, 4.69) is 10.3 Å². The molecule has 0 unspecified atom stereocenters. The standard InChI is InChI=1S/C18H20F2N4O3S/c1-2-27-18(26)24-7-5-23(6-8-24)10-16(25)22-17-21-15(11-28-17)12-3-4-13(19)14(20)9-12/h3-4,9,11H,2,5-8,10H2,1H3,(H,21,22,25). The van der Waals surface area contributed by atoms with E-state index < -0.39 is 11.6 Å². The summed E-state index contributed by atoms with van der Waals surface area (Å²) in [5, 5.41) is 4.76. The molecule has 1 aliphatic heterocycles. The molecule has 150 valence electrons. The number of nitrogens with zero attached hydrogens (tertiary/aromatic N) is 3. The summed E-state index contributed by atoms with van der Waals surface area (Å²) in [5.41, 5.74) is 0.896. The second-order valence-corrected chi connectivity index (χ2v) is 7.04. The van der Waals surface area contributed by atoms with Crippen molar-refractivity contribution in [2.24, 2.45) is 0 Å². The van der Waals surface area contributed by atoms with Crippen LogP contribution in [0.15, 0.2) is 23.6 Å². The molecule has 2 heterocycles. The number of hydrogen-bond acceptors (Lipinski definition) is 6. The Labute approximate surface area is 164 Å². The highest BCUT2D eigenvalue weighted by Crippen LogP contribution is 2.26. The second kappa shape index (κ2) is 9.07. The monoisotopic (exact) mass is 410 g/mol. The fourth-order valence-corrected chi connectivity index (χ4v) is 3.52. The number of amides is 2. The Morgan fingerprint density at radius 3 is 2.64 bits per heavy atom. The average molecular weight is 410 g/mol. The van der Waals surface area contributed by atoms with E-state index in [-0.39, 0.29) is 18.5 Å². The summed E-state index contributed by atoms with van der Waals surface area (Å²) >= 11 is 1.21. The van der Waals surface area contributed by atoms with E-state index in [1.165, 1.54) is 17.4 Å². The van der Waals surface area contributed by atoms with Crippen LogP contribution in [0.25, 0.3) is 11.3 Å². The van der Waals surface area contributed by atoms with E-state index in [1.54, 1.807) is 17.2 Å². The molecule has 28 heavy (non-hydrogen) atoms. The van der Waals surface area contributed by atoms with Gasteiger partial charge in [0.15, 0.2) is 16.8 Å². The molecule has 10 heteroatoms. The van der Waals surface area contributed by atoms with Crippen LogP contribution in [0.1, 0.15) is 6.92 Å². The lowest BCUT2D eigenvalue weighted by atomic mass is 10.2. The highest BCUT2D eigenvalue weighted by Gasteiger charge is 2.23. The second-order valence-electron chi connectivity index (χ2n) is 6.18. The Morgan fingerprint density at radius 1 is 1.21 bits per heavy atom. The van der Waals surface area contributed by atoms with Crippen molar-refractivity contribution < 1.29 is 23.1 Å². The summed E-state index contributed by atoms with van der Waals surface area (Å²) in [6.45, 7) is 4.43. The SMILES string of the molecule is CCOC(=O)N1CCN(CC(=O)Nc2nc(-c3ccc(F)c(F)c3)cs2)CC1. The number of nitrogens with one attached hydrogen (secondary N) is 1. The molecule has 1 saturated heterocycles. The van der Waals surface area contributed by atoms with Crippen LogP contribution in [0.2, 0.25) is 0 Å². The van der Waals surface area contributed by atoms with Crippen LogP contribution in [0.5, 0.6) is 0 Å². The largest absolute Gasteiger partial charge is 0.450 e. The first-order valence-electron chi connectivity index (χ1n) is 8.81. The summed E-state index contributed by atoms with van der Waals surface area (Å²) in [6, 6.07) is 3.54. The molecule has 0 atom stereocenters. The number of hydrogen-bond donors (Lipinski definition) is 1. The number of benzene rings is 1. The third kappa shape index (κ3) is 5.02. The van der Waals surface area contributed by atoms with Crippen molar-refractivity contribution in [1.82, 2.24) is 14.8 Å². The molecule has 7 nitrogen and oxygen atoms in total. The van der Waals surface area contributed by atoms with Gasteiger partial charge >= 0.3 is 6.09 Å². The van der Waals surface area contributed by atoms with Gasteiger partial charge in [0.05, 0.1) is 18.8 Å². The third-order valence-electron chi connectivity index (χ3n) is 4.23. The number of ether oxygens (including phenoxy) is 1. The average Bonchev–Trinajstić information content (AvgIpc) is 3.13. The van der Waals surface area contributed by atoms with Crippen molar-refractivity contribution in [3.8, 4) is 11.3 Å². The van der Waals surface area contributed by atoms with Crippen molar-refractivity contribution in [3.05, 3.63) is 35.2 Å². The van der Waals surface area contributed by atoms with Gasteiger partial charge in [-0.2, -0.15) is 0 Å². The molecule has 1 aliphatic rings. The van der Waals surface area contributed by atoms with Crippen LogP contribution in [-0.4, -0.2) is 66.1 Å². The van der Waals surface area contributed by atoms with E-state index in [9.17, 15) is 18.4 Å². The Bertz CT molecular complexity index is 853. The third-order valence-corrected chi connectivity index (χ3v) is 4.99. The fourth-order valence-electron chi connectivity index (χ4n) is 2.78. The summed E-state index contributed by atoms with van der Waals surface area (Å²) in [4.78, 5) is 31.7. The maximum absolute atomic E-state index is 13.4. The van der Waals surface area contributed by atoms with E-state index in [4.69, 9.17) is 4.74 Å². The quantitative estimate of drug-likeness (QED) is 0.821. The number of rotatable bonds is 5. The molecule has 1 aromatic carbocycles. The molecule has 1 aromatic heterocycles. The van der Waals surface area contributed by atoms with Crippen LogP contribution >= 0.6 is 11.3 Å². The first kappa shape index (κ1) is 20.2. The highest BCUT2D eigenvalue weighted by atomic mass is 32.1. The van der Waals surface area contributed by atoms with Gasteiger partial charge in [-0.25, -0.2) is 18.6 Å². The minimum absolute atomic E-state index is 0.177. The number of piperazine rings is 1. The van der Waals surface area contributed by atoms with Crippen molar-refractivity contribution in [2.45, 2.75) is 6.92 Å².